The van der Waals surface area contributed by atoms with Crippen LogP contribution in [0.3, 0.4) is 0 Å². The lowest BCUT2D eigenvalue weighted by Gasteiger charge is -2.46. The van der Waals surface area contributed by atoms with E-state index in [2.05, 4.69) is 0 Å². The Balaban J connectivity index is 1.44. The summed E-state index contributed by atoms with van der Waals surface area (Å²) in [6, 6.07) is 41.7. The number of benzene rings is 4. The van der Waals surface area contributed by atoms with Crippen molar-refractivity contribution < 1.29 is 37.8 Å². The number of aliphatic hydroxyl groups excluding tert-OH is 1. The molecule has 274 valence electrons. The lowest BCUT2D eigenvalue weighted by atomic mass is 9.67. The van der Waals surface area contributed by atoms with Gasteiger partial charge < -0.3 is 33.0 Å². The molecule has 1 saturated carbocycles. The van der Waals surface area contributed by atoms with Crippen molar-refractivity contribution in [2.45, 2.75) is 68.5 Å². The van der Waals surface area contributed by atoms with Gasteiger partial charge in [-0.1, -0.05) is 141 Å². The molecule has 1 aromatic heterocycles. The fourth-order valence-electron chi connectivity index (χ4n) is 8.69. The molecule has 0 unspecified atom stereocenters. The van der Waals surface area contributed by atoms with Gasteiger partial charge in [-0.05, 0) is 48.1 Å². The van der Waals surface area contributed by atoms with Crippen LogP contribution < -0.4 is 5.46 Å². The Morgan fingerprint density at radius 1 is 0.717 bits per heavy atom. The van der Waals surface area contributed by atoms with Crippen molar-refractivity contribution in [1.29, 1.82) is 0 Å². The molecule has 0 spiro atoms. The van der Waals surface area contributed by atoms with E-state index in [4.69, 9.17) is 27.9 Å². The highest BCUT2D eigenvalue weighted by Crippen LogP contribution is 2.51. The van der Waals surface area contributed by atoms with Crippen molar-refractivity contribution in [3.63, 3.8) is 0 Å². The molecule has 2 aliphatic rings. The lowest BCUT2D eigenvalue weighted by molar-refractivity contribution is -0.168. The Labute approximate surface area is 312 Å². The summed E-state index contributed by atoms with van der Waals surface area (Å²) >= 11 is 0. The van der Waals surface area contributed by atoms with Gasteiger partial charge in [0.2, 0.25) is 0 Å². The number of carbonyl (C=O) groups excluding carboxylic acids is 1. The second-order valence-corrected chi connectivity index (χ2v) is 13.9. The van der Waals surface area contributed by atoms with E-state index in [1.54, 1.807) is 27.2 Å². The summed E-state index contributed by atoms with van der Waals surface area (Å²) in [5.41, 5.74) is 0.319. The van der Waals surface area contributed by atoms with Crippen LogP contribution in [-0.4, -0.2) is 51.2 Å². The minimum absolute atomic E-state index is 0.215. The van der Waals surface area contributed by atoms with E-state index in [-0.39, 0.29) is 12.4 Å². The maximum Gasteiger partial charge on any atom is 0.498 e. The maximum absolute atomic E-state index is 13.6. The van der Waals surface area contributed by atoms with Gasteiger partial charge >= 0.3 is 13.1 Å². The van der Waals surface area contributed by atoms with E-state index in [1.165, 1.54) is 6.26 Å². The summed E-state index contributed by atoms with van der Waals surface area (Å²) in [7, 11) is 2.32. The first-order chi connectivity index (χ1) is 26.0. The van der Waals surface area contributed by atoms with Gasteiger partial charge in [-0.3, -0.25) is 4.79 Å². The van der Waals surface area contributed by atoms with Gasteiger partial charge in [0.25, 0.3) is 0 Å². The zero-order valence-electron chi connectivity index (χ0n) is 30.6. The van der Waals surface area contributed by atoms with Crippen LogP contribution in [0.5, 0.6) is 0 Å². The standard InChI is InChI=1S/C44H47BO8/c1-4-50-41(47)42(29-18-9-19-30-42)38(46)37-36(28-31-51-37)45-52-39(43(48-2,32-20-10-5-11-21-32)33-22-12-6-13-23-33)40(53-45)44(49-3,34-24-14-7-15-25-34)35-26-16-8-17-27-35/h5-8,10-17,20-28,31,38-40,46H,4,9,18-19,29-30H2,1-3H3/t38-,39-,40-/m1/s1. The number of carbonyl (C=O) groups is 1. The monoisotopic (exact) mass is 714 g/mol. The predicted molar refractivity (Wildman–Crippen MR) is 202 cm³/mol. The molecule has 2 fully saturated rings. The molecule has 2 heterocycles. The van der Waals surface area contributed by atoms with Gasteiger partial charge in [-0.25, -0.2) is 0 Å². The first-order valence-electron chi connectivity index (χ1n) is 18.5. The number of hydrogen-bond donors (Lipinski definition) is 1. The minimum Gasteiger partial charge on any atom is -0.467 e. The molecule has 53 heavy (non-hydrogen) atoms. The average Bonchev–Trinajstić information content (AvgIpc) is 3.90. The zero-order chi connectivity index (χ0) is 36.9. The third-order valence-corrected chi connectivity index (χ3v) is 11.3. The fraction of sp³-hybridized carbons (Fsp3) is 0.341. The summed E-state index contributed by atoms with van der Waals surface area (Å²) in [6.07, 6.45) is 2.05. The van der Waals surface area contributed by atoms with Crippen LogP contribution in [0.4, 0.5) is 0 Å². The van der Waals surface area contributed by atoms with E-state index in [9.17, 15) is 9.90 Å². The van der Waals surface area contributed by atoms with E-state index >= 15 is 0 Å². The van der Waals surface area contributed by atoms with E-state index in [1.807, 2.05) is 121 Å². The fourth-order valence-corrected chi connectivity index (χ4v) is 8.69. The molecule has 7 rings (SSSR count). The molecule has 3 atom stereocenters. The lowest BCUT2D eigenvalue weighted by Crippen LogP contribution is -2.56. The maximum atomic E-state index is 13.6. The van der Waals surface area contributed by atoms with E-state index in [0.717, 1.165) is 41.5 Å². The Bertz CT molecular complexity index is 1730. The number of ether oxygens (including phenoxy) is 3. The third kappa shape index (κ3) is 6.34. The van der Waals surface area contributed by atoms with Crippen molar-refractivity contribution in [3.05, 3.63) is 162 Å². The van der Waals surface area contributed by atoms with Crippen LogP contribution in [0, 0.1) is 5.41 Å². The predicted octanol–water partition coefficient (Wildman–Crippen LogP) is 7.49. The molecule has 1 saturated heterocycles. The van der Waals surface area contributed by atoms with Crippen LogP contribution in [0.1, 0.15) is 73.1 Å². The minimum atomic E-state index is -1.29. The van der Waals surface area contributed by atoms with Crippen molar-refractivity contribution in [1.82, 2.24) is 0 Å². The van der Waals surface area contributed by atoms with Crippen molar-refractivity contribution in [3.8, 4) is 0 Å². The Morgan fingerprint density at radius 3 is 1.51 bits per heavy atom. The first-order valence-corrected chi connectivity index (χ1v) is 18.5. The summed E-state index contributed by atoms with van der Waals surface area (Å²) in [5, 5.41) is 12.2. The summed E-state index contributed by atoms with van der Waals surface area (Å²) in [4.78, 5) is 13.6. The molecule has 1 N–H and O–H groups in total. The number of aliphatic hydroxyl groups is 1. The molecule has 0 bridgehead atoms. The molecular weight excluding hydrogens is 667 g/mol. The van der Waals surface area contributed by atoms with Crippen LogP contribution in [-0.2, 0) is 39.5 Å². The number of furan rings is 1. The first kappa shape index (κ1) is 36.8. The highest BCUT2D eigenvalue weighted by atomic mass is 16.7. The number of hydrogen-bond acceptors (Lipinski definition) is 8. The molecule has 0 radical (unpaired) electrons. The Hall–Kier alpha value is -4.51. The van der Waals surface area contributed by atoms with Gasteiger partial charge in [0.05, 0.1) is 12.9 Å². The molecule has 1 aliphatic carbocycles. The van der Waals surface area contributed by atoms with Gasteiger partial charge in [-0.2, -0.15) is 0 Å². The average molecular weight is 715 g/mol. The molecule has 9 heteroatoms. The molecule has 5 aromatic rings. The van der Waals surface area contributed by atoms with Crippen LogP contribution >= 0.6 is 0 Å². The summed E-state index contributed by atoms with van der Waals surface area (Å²) in [5.74, 6) is -0.203. The normalized spacial score (nSPS) is 19.5. The molecule has 1 aliphatic heterocycles. The zero-order valence-corrected chi connectivity index (χ0v) is 30.6. The number of rotatable bonds is 13. The topological polar surface area (TPSA) is 96.6 Å². The molecule has 0 amide bonds. The van der Waals surface area contributed by atoms with Crippen molar-refractivity contribution in [2.24, 2.45) is 5.41 Å². The van der Waals surface area contributed by atoms with Crippen LogP contribution in [0.15, 0.2) is 138 Å². The number of methoxy groups -OCH3 is 2. The van der Waals surface area contributed by atoms with Gasteiger partial charge in [-0.15, -0.1) is 0 Å². The van der Waals surface area contributed by atoms with Gasteiger partial charge in [0.1, 0.15) is 40.7 Å². The highest BCUT2D eigenvalue weighted by Gasteiger charge is 2.63. The smallest absolute Gasteiger partial charge is 0.467 e. The molecular formula is C44H47BO8. The van der Waals surface area contributed by atoms with Gasteiger partial charge in [0, 0.05) is 19.7 Å². The summed E-state index contributed by atoms with van der Waals surface area (Å²) in [6.45, 7) is 2.00. The van der Waals surface area contributed by atoms with E-state index in [0.29, 0.717) is 18.3 Å². The molecule has 4 aromatic carbocycles. The second-order valence-electron chi connectivity index (χ2n) is 13.9. The second kappa shape index (κ2) is 15.8. The number of esters is 1. The van der Waals surface area contributed by atoms with Crippen molar-refractivity contribution >= 4 is 18.6 Å². The molecule has 8 nitrogen and oxygen atoms in total. The summed E-state index contributed by atoms with van der Waals surface area (Å²) < 4.78 is 39.7. The Morgan fingerprint density at radius 2 is 1.13 bits per heavy atom. The van der Waals surface area contributed by atoms with Gasteiger partial charge in [0.15, 0.2) is 0 Å². The van der Waals surface area contributed by atoms with Crippen molar-refractivity contribution in [2.75, 3.05) is 20.8 Å². The largest absolute Gasteiger partial charge is 0.498 e. The third-order valence-electron chi connectivity index (χ3n) is 11.3. The highest BCUT2D eigenvalue weighted by molar-refractivity contribution is 6.62. The van der Waals surface area contributed by atoms with Crippen LogP contribution in [0.2, 0.25) is 0 Å². The SMILES string of the molecule is CCOC(=O)C1([C@H](O)c2occc2B2O[C@@H](C(OC)(c3ccccc3)c3ccccc3)[C@H](C(OC)(c3ccccc3)c3ccccc3)O2)CCCCC1. The Kier molecular flexibility index (Phi) is 11.0. The van der Waals surface area contributed by atoms with Crippen LogP contribution in [0.25, 0.3) is 0 Å². The quantitative estimate of drug-likeness (QED) is 0.0991. The van der Waals surface area contributed by atoms with E-state index < -0.39 is 48.0 Å².